The molecule has 6 heteroatoms. The van der Waals surface area contributed by atoms with Crippen molar-refractivity contribution in [1.29, 1.82) is 0 Å². The Balaban J connectivity index is 0.00000338. The topological polar surface area (TPSA) is 42.9 Å². The van der Waals surface area contributed by atoms with Crippen molar-refractivity contribution < 1.29 is 0 Å². The zero-order valence-electron chi connectivity index (χ0n) is 16.7. The number of nitrogens with one attached hydrogen (secondary N) is 2. The van der Waals surface area contributed by atoms with Gasteiger partial charge in [0, 0.05) is 52.4 Å². The van der Waals surface area contributed by atoms with E-state index in [1.165, 1.54) is 18.7 Å². The Morgan fingerprint density at radius 3 is 2.23 bits per heavy atom. The van der Waals surface area contributed by atoms with Crippen LogP contribution in [-0.4, -0.2) is 74.7 Å². The Labute approximate surface area is 176 Å². The maximum Gasteiger partial charge on any atom is 0.191 e. The summed E-state index contributed by atoms with van der Waals surface area (Å²) in [5.41, 5.74) is 1.35. The lowest BCUT2D eigenvalue weighted by molar-refractivity contribution is 0.107. The van der Waals surface area contributed by atoms with Crippen molar-refractivity contribution in [3.63, 3.8) is 0 Å². The molecule has 1 saturated heterocycles. The lowest BCUT2D eigenvalue weighted by atomic mass is 10.0. The average molecular weight is 473 g/mol. The van der Waals surface area contributed by atoms with Crippen LogP contribution in [0, 0.1) is 0 Å². The molecule has 0 saturated carbocycles. The summed E-state index contributed by atoms with van der Waals surface area (Å²) in [4.78, 5) is 9.45. The van der Waals surface area contributed by atoms with Gasteiger partial charge in [0.05, 0.1) is 0 Å². The molecule has 2 atom stereocenters. The van der Waals surface area contributed by atoms with Gasteiger partial charge in [0.25, 0.3) is 0 Å². The Morgan fingerprint density at radius 2 is 1.65 bits per heavy atom. The van der Waals surface area contributed by atoms with Gasteiger partial charge < -0.3 is 15.5 Å². The Bertz CT molecular complexity index is 514. The molecule has 0 amide bonds. The maximum absolute atomic E-state index is 4.36. The normalized spacial score (nSPS) is 18.7. The van der Waals surface area contributed by atoms with Crippen LogP contribution >= 0.6 is 24.0 Å². The molecule has 2 N–H and O–H groups in total. The Kier molecular flexibility index (Phi) is 11.2. The Morgan fingerprint density at radius 1 is 1.04 bits per heavy atom. The summed E-state index contributed by atoms with van der Waals surface area (Å²) in [6.45, 7) is 14.4. The molecule has 26 heavy (non-hydrogen) atoms. The van der Waals surface area contributed by atoms with Gasteiger partial charge in [-0.15, -0.1) is 24.0 Å². The molecule has 1 aliphatic rings. The van der Waals surface area contributed by atoms with Crippen molar-refractivity contribution in [2.75, 3.05) is 52.9 Å². The zero-order chi connectivity index (χ0) is 18.1. The van der Waals surface area contributed by atoms with E-state index in [-0.39, 0.29) is 24.0 Å². The molecule has 0 spiro atoms. The van der Waals surface area contributed by atoms with Gasteiger partial charge in [-0.1, -0.05) is 44.2 Å². The minimum absolute atomic E-state index is 0. The van der Waals surface area contributed by atoms with Crippen LogP contribution in [0.5, 0.6) is 0 Å². The molecule has 1 aliphatic heterocycles. The monoisotopic (exact) mass is 473 g/mol. The smallest absolute Gasteiger partial charge is 0.191 e. The van der Waals surface area contributed by atoms with E-state index in [1.807, 2.05) is 7.05 Å². The number of rotatable bonds is 7. The molecule has 1 aromatic rings. The fourth-order valence-corrected chi connectivity index (χ4v) is 3.26. The largest absolute Gasteiger partial charge is 0.356 e. The standard InChI is InChI=1S/C20H35N5.HI/c1-5-24-11-13-25(14-12-24)18(3)16-23-20(21-4)22-15-17(2)19-9-7-6-8-10-19;/h6-10,17-18H,5,11-16H2,1-4H3,(H2,21,22,23);1H. The van der Waals surface area contributed by atoms with Crippen molar-refractivity contribution in [3.05, 3.63) is 35.9 Å². The van der Waals surface area contributed by atoms with E-state index in [1.54, 1.807) is 0 Å². The summed E-state index contributed by atoms with van der Waals surface area (Å²) in [6, 6.07) is 11.1. The minimum atomic E-state index is 0. The number of guanidine groups is 1. The molecule has 0 bridgehead atoms. The van der Waals surface area contributed by atoms with Gasteiger partial charge >= 0.3 is 0 Å². The van der Waals surface area contributed by atoms with Crippen molar-refractivity contribution in [1.82, 2.24) is 20.4 Å². The second kappa shape index (κ2) is 12.5. The van der Waals surface area contributed by atoms with Crippen LogP contribution in [0.3, 0.4) is 0 Å². The summed E-state index contributed by atoms with van der Waals surface area (Å²) in [5, 5.41) is 6.94. The van der Waals surface area contributed by atoms with Crippen molar-refractivity contribution >= 4 is 29.9 Å². The van der Waals surface area contributed by atoms with E-state index < -0.39 is 0 Å². The highest BCUT2D eigenvalue weighted by molar-refractivity contribution is 14.0. The molecule has 1 aromatic carbocycles. The molecule has 0 aromatic heterocycles. The van der Waals surface area contributed by atoms with Crippen molar-refractivity contribution in [2.24, 2.45) is 4.99 Å². The summed E-state index contributed by atoms with van der Waals surface area (Å²) in [5.74, 6) is 1.35. The van der Waals surface area contributed by atoms with Crippen LogP contribution in [0.4, 0.5) is 0 Å². The molecule has 1 fully saturated rings. The maximum atomic E-state index is 4.36. The van der Waals surface area contributed by atoms with Crippen molar-refractivity contribution in [2.45, 2.75) is 32.7 Å². The predicted molar refractivity (Wildman–Crippen MR) is 123 cm³/mol. The Hall–Kier alpha value is -0.860. The molecule has 148 valence electrons. The third kappa shape index (κ3) is 7.40. The molecule has 0 aliphatic carbocycles. The summed E-state index contributed by atoms with van der Waals surface area (Å²) < 4.78 is 0. The van der Waals surface area contributed by atoms with E-state index >= 15 is 0 Å². The van der Waals surface area contributed by atoms with E-state index in [0.717, 1.165) is 38.7 Å². The van der Waals surface area contributed by atoms with Crippen LogP contribution in [0.25, 0.3) is 0 Å². The fourth-order valence-electron chi connectivity index (χ4n) is 3.26. The first-order chi connectivity index (χ1) is 12.1. The number of likely N-dealkylation sites (N-methyl/N-ethyl adjacent to an activating group) is 1. The summed E-state index contributed by atoms with van der Waals surface area (Å²) in [6.07, 6.45) is 0. The molecular formula is C20H36IN5. The highest BCUT2D eigenvalue weighted by atomic mass is 127. The van der Waals surface area contributed by atoms with E-state index in [9.17, 15) is 0 Å². The molecule has 2 rings (SSSR count). The van der Waals surface area contributed by atoms with E-state index in [4.69, 9.17) is 0 Å². The number of aliphatic imine (C=N–C) groups is 1. The number of halogens is 1. The predicted octanol–water partition coefficient (Wildman–Crippen LogP) is 2.60. The lowest BCUT2D eigenvalue weighted by Crippen LogP contribution is -2.53. The number of piperazine rings is 1. The molecule has 0 radical (unpaired) electrons. The first-order valence-corrected chi connectivity index (χ1v) is 9.59. The highest BCUT2D eigenvalue weighted by Gasteiger charge is 2.20. The number of nitrogens with zero attached hydrogens (tertiary/aromatic N) is 3. The SMILES string of the molecule is CCN1CCN(C(C)CNC(=NC)NCC(C)c2ccccc2)CC1.I. The van der Waals surface area contributed by atoms with Gasteiger partial charge in [-0.25, -0.2) is 0 Å². The molecule has 5 nitrogen and oxygen atoms in total. The average Bonchev–Trinajstić information content (AvgIpc) is 2.68. The second-order valence-corrected chi connectivity index (χ2v) is 6.96. The van der Waals surface area contributed by atoms with E-state index in [2.05, 4.69) is 76.5 Å². The van der Waals surface area contributed by atoms with Crippen LogP contribution in [0.1, 0.15) is 32.3 Å². The van der Waals surface area contributed by atoms with Crippen molar-refractivity contribution in [3.8, 4) is 0 Å². The second-order valence-electron chi connectivity index (χ2n) is 6.96. The number of hydrogen-bond acceptors (Lipinski definition) is 3. The van der Waals surface area contributed by atoms with Crippen LogP contribution in [0.2, 0.25) is 0 Å². The quantitative estimate of drug-likeness (QED) is 0.363. The first-order valence-electron chi connectivity index (χ1n) is 9.59. The molecule has 2 unspecified atom stereocenters. The van der Waals surface area contributed by atoms with Gasteiger partial charge in [0.15, 0.2) is 5.96 Å². The van der Waals surface area contributed by atoms with Gasteiger partial charge in [-0.2, -0.15) is 0 Å². The van der Waals surface area contributed by atoms with Gasteiger partial charge in [-0.05, 0) is 24.9 Å². The number of hydrogen-bond donors (Lipinski definition) is 2. The molecule has 1 heterocycles. The van der Waals surface area contributed by atoms with Gasteiger partial charge in [0.2, 0.25) is 0 Å². The first kappa shape index (κ1) is 23.2. The summed E-state index contributed by atoms with van der Waals surface area (Å²) >= 11 is 0. The van der Waals surface area contributed by atoms with Crippen LogP contribution < -0.4 is 10.6 Å². The fraction of sp³-hybridized carbons (Fsp3) is 0.650. The minimum Gasteiger partial charge on any atom is -0.356 e. The molecular weight excluding hydrogens is 437 g/mol. The zero-order valence-corrected chi connectivity index (χ0v) is 19.1. The number of benzene rings is 1. The van der Waals surface area contributed by atoms with Gasteiger partial charge in [-0.3, -0.25) is 9.89 Å². The van der Waals surface area contributed by atoms with E-state index in [0.29, 0.717) is 12.0 Å². The lowest BCUT2D eigenvalue weighted by Gasteiger charge is -2.37. The summed E-state index contributed by atoms with van der Waals surface area (Å²) in [7, 11) is 1.84. The van der Waals surface area contributed by atoms with Gasteiger partial charge in [0.1, 0.15) is 0 Å². The highest BCUT2D eigenvalue weighted by Crippen LogP contribution is 2.12. The third-order valence-corrected chi connectivity index (χ3v) is 5.21. The van der Waals surface area contributed by atoms with Crippen LogP contribution in [-0.2, 0) is 0 Å². The van der Waals surface area contributed by atoms with Crippen LogP contribution in [0.15, 0.2) is 35.3 Å². The third-order valence-electron chi connectivity index (χ3n) is 5.21.